The van der Waals surface area contributed by atoms with E-state index >= 15 is 0 Å². The summed E-state index contributed by atoms with van der Waals surface area (Å²) in [4.78, 5) is 43.9. The number of carbonyl (C=O) groups excluding carboxylic acids is 2. The molecule has 0 radical (unpaired) electrons. The van der Waals surface area contributed by atoms with Crippen LogP contribution in [0.15, 0.2) is 48.7 Å². The average molecular weight is 379 g/mol. The molecule has 1 N–H and O–H groups in total. The standard InChI is InChI=1S/C21H21N3O4/c1-2-3-12-23-17-9-7-15(21(27)28)13-18(17)24(14-20(23)26)19(25)10-8-16-6-4-5-11-22-16/h4-11,13H,2-3,12,14H2,1H3,(H,27,28)/b10-8+. The Labute approximate surface area is 162 Å². The SMILES string of the molecule is CCCCN1C(=O)CN(C(=O)/C=C/c2ccccn2)c2cc(C(=O)O)ccc21. The summed E-state index contributed by atoms with van der Waals surface area (Å²) in [5, 5.41) is 9.32. The molecule has 28 heavy (non-hydrogen) atoms. The minimum absolute atomic E-state index is 0.0649. The van der Waals surface area contributed by atoms with Crippen molar-refractivity contribution in [3.8, 4) is 0 Å². The predicted molar refractivity (Wildman–Crippen MR) is 106 cm³/mol. The molecular formula is C21H21N3O4. The Morgan fingerprint density at radius 3 is 2.71 bits per heavy atom. The second kappa shape index (κ2) is 8.47. The quantitative estimate of drug-likeness (QED) is 0.779. The maximum atomic E-state index is 12.8. The van der Waals surface area contributed by atoms with Crippen molar-refractivity contribution in [1.82, 2.24) is 4.98 Å². The van der Waals surface area contributed by atoms with Crippen LogP contribution in [0.4, 0.5) is 11.4 Å². The molecule has 0 unspecified atom stereocenters. The van der Waals surface area contributed by atoms with Crippen LogP contribution >= 0.6 is 0 Å². The van der Waals surface area contributed by atoms with E-state index in [1.54, 1.807) is 35.4 Å². The zero-order valence-corrected chi connectivity index (χ0v) is 15.5. The summed E-state index contributed by atoms with van der Waals surface area (Å²) < 4.78 is 0. The predicted octanol–water partition coefficient (Wildman–Crippen LogP) is 2.97. The maximum Gasteiger partial charge on any atom is 0.335 e. The first kappa shape index (κ1) is 19.3. The van der Waals surface area contributed by atoms with Crippen LogP contribution in [0.25, 0.3) is 6.08 Å². The number of aromatic nitrogens is 1. The van der Waals surface area contributed by atoms with Gasteiger partial charge < -0.3 is 10.0 Å². The Bertz CT molecular complexity index is 925. The van der Waals surface area contributed by atoms with Gasteiger partial charge in [0.2, 0.25) is 5.91 Å². The molecule has 7 nitrogen and oxygen atoms in total. The molecule has 0 spiro atoms. The monoisotopic (exact) mass is 379 g/mol. The van der Waals surface area contributed by atoms with E-state index in [1.807, 2.05) is 13.0 Å². The Morgan fingerprint density at radius 1 is 1.21 bits per heavy atom. The number of rotatable bonds is 6. The van der Waals surface area contributed by atoms with Crippen LogP contribution in [-0.4, -0.2) is 41.0 Å². The number of carbonyl (C=O) groups is 3. The highest BCUT2D eigenvalue weighted by molar-refractivity contribution is 6.15. The third-order valence-corrected chi connectivity index (χ3v) is 4.48. The summed E-state index contributed by atoms with van der Waals surface area (Å²) in [5.41, 5.74) is 1.65. The van der Waals surface area contributed by atoms with Gasteiger partial charge in [-0.15, -0.1) is 0 Å². The van der Waals surface area contributed by atoms with Crippen LogP contribution in [0.2, 0.25) is 0 Å². The highest BCUT2D eigenvalue weighted by Crippen LogP contribution is 2.35. The molecule has 1 aromatic heterocycles. The number of pyridine rings is 1. The molecule has 0 fully saturated rings. The van der Waals surface area contributed by atoms with E-state index in [4.69, 9.17) is 0 Å². The maximum absolute atomic E-state index is 12.8. The van der Waals surface area contributed by atoms with Gasteiger partial charge in [0.25, 0.3) is 5.91 Å². The van der Waals surface area contributed by atoms with Gasteiger partial charge in [-0.3, -0.25) is 19.5 Å². The van der Waals surface area contributed by atoms with Gasteiger partial charge in [-0.1, -0.05) is 19.4 Å². The van der Waals surface area contributed by atoms with Crippen molar-refractivity contribution in [2.24, 2.45) is 0 Å². The number of fused-ring (bicyclic) bond motifs is 1. The fourth-order valence-electron chi connectivity index (χ4n) is 3.02. The normalized spacial score (nSPS) is 13.7. The van der Waals surface area contributed by atoms with Crippen LogP contribution in [0.3, 0.4) is 0 Å². The lowest BCUT2D eigenvalue weighted by Crippen LogP contribution is -2.48. The van der Waals surface area contributed by atoms with E-state index in [-0.39, 0.29) is 18.0 Å². The average Bonchev–Trinajstić information content (AvgIpc) is 2.71. The first-order valence-electron chi connectivity index (χ1n) is 9.09. The fourth-order valence-corrected chi connectivity index (χ4v) is 3.02. The molecule has 2 aromatic rings. The zero-order valence-electron chi connectivity index (χ0n) is 15.5. The summed E-state index contributed by atoms with van der Waals surface area (Å²) >= 11 is 0. The second-order valence-electron chi connectivity index (χ2n) is 6.42. The molecule has 0 saturated carbocycles. The number of hydrogen-bond acceptors (Lipinski definition) is 4. The van der Waals surface area contributed by atoms with Gasteiger partial charge in [0.15, 0.2) is 0 Å². The summed E-state index contributed by atoms with van der Waals surface area (Å²) in [7, 11) is 0. The number of benzene rings is 1. The Balaban J connectivity index is 1.96. The first-order valence-corrected chi connectivity index (χ1v) is 9.09. The third-order valence-electron chi connectivity index (χ3n) is 4.48. The lowest BCUT2D eigenvalue weighted by Gasteiger charge is -2.36. The van der Waals surface area contributed by atoms with E-state index < -0.39 is 11.9 Å². The van der Waals surface area contributed by atoms with Gasteiger partial charge in [-0.25, -0.2) is 4.79 Å². The highest BCUT2D eigenvalue weighted by atomic mass is 16.4. The number of hydrogen-bond donors (Lipinski definition) is 1. The largest absolute Gasteiger partial charge is 0.478 e. The number of carboxylic acids is 1. The molecule has 0 aliphatic carbocycles. The number of nitrogens with zero attached hydrogens (tertiary/aromatic N) is 3. The number of carboxylic acid groups (broad SMARTS) is 1. The van der Waals surface area contributed by atoms with E-state index in [1.165, 1.54) is 23.1 Å². The summed E-state index contributed by atoms with van der Waals surface area (Å²) in [6.07, 6.45) is 6.27. The van der Waals surface area contributed by atoms with Gasteiger partial charge in [0, 0.05) is 18.8 Å². The highest BCUT2D eigenvalue weighted by Gasteiger charge is 2.32. The Hall–Kier alpha value is -3.48. The Morgan fingerprint density at radius 2 is 2.04 bits per heavy atom. The molecule has 1 aliphatic rings. The minimum atomic E-state index is -1.09. The van der Waals surface area contributed by atoms with Crippen molar-refractivity contribution in [1.29, 1.82) is 0 Å². The molecule has 7 heteroatoms. The number of amides is 2. The Kier molecular flexibility index (Phi) is 5.84. The molecule has 1 aromatic carbocycles. The van der Waals surface area contributed by atoms with Crippen molar-refractivity contribution in [2.75, 3.05) is 22.9 Å². The van der Waals surface area contributed by atoms with Crippen LogP contribution in [0.1, 0.15) is 35.8 Å². The molecule has 1 aliphatic heterocycles. The fraction of sp³-hybridized carbons (Fsp3) is 0.238. The van der Waals surface area contributed by atoms with Crippen molar-refractivity contribution in [3.63, 3.8) is 0 Å². The lowest BCUT2D eigenvalue weighted by atomic mass is 10.1. The van der Waals surface area contributed by atoms with Gasteiger partial charge in [-0.2, -0.15) is 0 Å². The van der Waals surface area contributed by atoms with Crippen LogP contribution in [0, 0.1) is 0 Å². The zero-order chi connectivity index (χ0) is 20.1. The topological polar surface area (TPSA) is 90.8 Å². The van der Waals surface area contributed by atoms with Gasteiger partial charge in [0.05, 0.1) is 22.6 Å². The van der Waals surface area contributed by atoms with Crippen molar-refractivity contribution < 1.29 is 19.5 Å². The third kappa shape index (κ3) is 4.09. The first-order chi connectivity index (χ1) is 13.5. The molecule has 144 valence electrons. The molecule has 0 atom stereocenters. The van der Waals surface area contributed by atoms with E-state index in [0.29, 0.717) is 23.6 Å². The number of aromatic carboxylic acids is 1. The molecule has 0 saturated heterocycles. The summed E-state index contributed by atoms with van der Waals surface area (Å²) in [6, 6.07) is 9.82. The van der Waals surface area contributed by atoms with Crippen molar-refractivity contribution >= 4 is 35.2 Å². The van der Waals surface area contributed by atoms with Crippen LogP contribution in [-0.2, 0) is 9.59 Å². The lowest BCUT2D eigenvalue weighted by molar-refractivity contribution is -0.120. The van der Waals surface area contributed by atoms with Crippen molar-refractivity contribution in [2.45, 2.75) is 19.8 Å². The number of anilines is 2. The van der Waals surface area contributed by atoms with Gasteiger partial charge in [-0.05, 0) is 42.8 Å². The minimum Gasteiger partial charge on any atom is -0.478 e. The molecule has 3 rings (SSSR count). The molecule has 2 heterocycles. The molecule has 2 amide bonds. The van der Waals surface area contributed by atoms with E-state index in [9.17, 15) is 19.5 Å². The smallest absolute Gasteiger partial charge is 0.335 e. The van der Waals surface area contributed by atoms with Crippen molar-refractivity contribution in [3.05, 3.63) is 59.9 Å². The number of unbranched alkanes of at least 4 members (excludes halogenated alkanes) is 1. The summed E-state index contributed by atoms with van der Waals surface area (Å²) in [5.74, 6) is -1.68. The molecular weight excluding hydrogens is 358 g/mol. The van der Waals surface area contributed by atoms with Gasteiger partial charge >= 0.3 is 5.97 Å². The second-order valence-corrected chi connectivity index (χ2v) is 6.42. The van der Waals surface area contributed by atoms with E-state index in [2.05, 4.69) is 4.98 Å². The van der Waals surface area contributed by atoms with Gasteiger partial charge in [0.1, 0.15) is 6.54 Å². The van der Waals surface area contributed by atoms with Crippen LogP contribution < -0.4 is 9.80 Å². The summed E-state index contributed by atoms with van der Waals surface area (Å²) in [6.45, 7) is 2.42. The molecule has 0 bridgehead atoms. The van der Waals surface area contributed by atoms with Crippen LogP contribution in [0.5, 0.6) is 0 Å². The van der Waals surface area contributed by atoms with E-state index in [0.717, 1.165) is 12.8 Å².